The van der Waals surface area contributed by atoms with Crippen LogP contribution in [0.5, 0.6) is 0 Å². The molecule has 42 heavy (non-hydrogen) atoms. The van der Waals surface area contributed by atoms with Crippen molar-refractivity contribution in [1.82, 2.24) is 24.6 Å². The third-order valence-corrected chi connectivity index (χ3v) is 7.74. The highest BCUT2D eigenvalue weighted by atomic mass is 16.2. The molecule has 5 rings (SSSR count). The van der Waals surface area contributed by atoms with Gasteiger partial charge in [0.1, 0.15) is 22.9 Å². The summed E-state index contributed by atoms with van der Waals surface area (Å²) in [5, 5.41) is 6.03. The summed E-state index contributed by atoms with van der Waals surface area (Å²) in [6.45, 7) is 11.2. The van der Waals surface area contributed by atoms with E-state index < -0.39 is 6.04 Å². The van der Waals surface area contributed by atoms with Crippen molar-refractivity contribution in [2.75, 3.05) is 30.7 Å². The molecule has 9 nitrogen and oxygen atoms in total. The molecule has 3 heterocycles. The fourth-order valence-electron chi connectivity index (χ4n) is 5.61. The number of aromatic nitrogens is 3. The number of amides is 2. The maximum atomic E-state index is 13.2. The fourth-order valence-corrected chi connectivity index (χ4v) is 5.61. The lowest BCUT2D eigenvalue weighted by Gasteiger charge is -2.13. The lowest BCUT2D eigenvalue weighted by Crippen LogP contribution is -2.27. The average molecular weight is 566 g/mol. The Bertz CT molecular complexity index is 1630. The highest BCUT2D eigenvalue weighted by Crippen LogP contribution is 2.31. The lowest BCUT2D eigenvalue weighted by molar-refractivity contribution is -0.117. The standard InChI is InChI=1S/C33H39N7O2/c1-21(2)27-13-12-26(19-22(27)3)37-33(42)25-10-7-9-24(20-25)29-30-31(34)35-14-18-40(30)32(38-29)23(4)36-28(41)11-8-17-39-15-5-6-16-39/h7-14,18-21,23H,5-6,15-17H2,1-4H3,(H2,34,35)(H,36,41)(H,37,42)/b11-8+/t23-/m0/s1. The number of hydrogen-bond donors (Lipinski definition) is 3. The van der Waals surface area contributed by atoms with Gasteiger partial charge >= 0.3 is 0 Å². The second-order valence-corrected chi connectivity index (χ2v) is 11.3. The minimum absolute atomic E-state index is 0.183. The maximum absolute atomic E-state index is 13.2. The quantitative estimate of drug-likeness (QED) is 0.231. The third-order valence-electron chi connectivity index (χ3n) is 7.74. The summed E-state index contributed by atoms with van der Waals surface area (Å²) in [5.41, 5.74) is 11.9. The number of nitrogen functional groups attached to an aromatic ring is 1. The van der Waals surface area contributed by atoms with Gasteiger partial charge in [0.15, 0.2) is 0 Å². The topological polar surface area (TPSA) is 118 Å². The minimum atomic E-state index is -0.402. The van der Waals surface area contributed by atoms with Gasteiger partial charge in [-0.1, -0.05) is 38.1 Å². The Morgan fingerprint density at radius 1 is 1.10 bits per heavy atom. The monoisotopic (exact) mass is 565 g/mol. The van der Waals surface area contributed by atoms with Crippen molar-refractivity contribution < 1.29 is 9.59 Å². The van der Waals surface area contributed by atoms with Crippen LogP contribution < -0.4 is 16.4 Å². The molecule has 0 spiro atoms. The van der Waals surface area contributed by atoms with Crippen LogP contribution in [0.4, 0.5) is 11.5 Å². The molecule has 1 aliphatic heterocycles. The van der Waals surface area contributed by atoms with Crippen molar-refractivity contribution >= 4 is 28.8 Å². The van der Waals surface area contributed by atoms with Gasteiger partial charge in [0.25, 0.3) is 5.91 Å². The molecule has 9 heteroatoms. The van der Waals surface area contributed by atoms with E-state index >= 15 is 0 Å². The van der Waals surface area contributed by atoms with Crippen LogP contribution in [0.2, 0.25) is 0 Å². The molecule has 4 N–H and O–H groups in total. The molecule has 2 aromatic heterocycles. The van der Waals surface area contributed by atoms with Crippen molar-refractivity contribution in [1.29, 1.82) is 0 Å². The molecule has 2 aromatic carbocycles. The molecule has 2 amide bonds. The van der Waals surface area contributed by atoms with Gasteiger partial charge in [-0.25, -0.2) is 9.97 Å². The molecular weight excluding hydrogens is 526 g/mol. The molecule has 0 unspecified atom stereocenters. The second-order valence-electron chi connectivity index (χ2n) is 11.3. The summed E-state index contributed by atoms with van der Waals surface area (Å²) in [4.78, 5) is 37.4. The predicted octanol–water partition coefficient (Wildman–Crippen LogP) is 5.49. The summed E-state index contributed by atoms with van der Waals surface area (Å²) in [7, 11) is 0. The molecule has 1 aliphatic rings. The number of aryl methyl sites for hydroxylation is 1. The van der Waals surface area contributed by atoms with E-state index in [4.69, 9.17) is 10.7 Å². The van der Waals surface area contributed by atoms with Gasteiger partial charge in [-0.15, -0.1) is 0 Å². The molecule has 0 aliphatic carbocycles. The molecule has 0 radical (unpaired) electrons. The minimum Gasteiger partial charge on any atom is -0.382 e. The largest absolute Gasteiger partial charge is 0.382 e. The van der Waals surface area contributed by atoms with Crippen molar-refractivity contribution in [3.63, 3.8) is 0 Å². The Labute approximate surface area is 246 Å². The van der Waals surface area contributed by atoms with Gasteiger partial charge < -0.3 is 16.4 Å². The Morgan fingerprint density at radius 2 is 1.88 bits per heavy atom. The van der Waals surface area contributed by atoms with Crippen LogP contribution in [0.3, 0.4) is 0 Å². The summed E-state index contributed by atoms with van der Waals surface area (Å²) >= 11 is 0. The highest BCUT2D eigenvalue weighted by Gasteiger charge is 2.21. The molecule has 218 valence electrons. The van der Waals surface area contributed by atoms with Crippen molar-refractivity contribution in [2.24, 2.45) is 0 Å². The molecule has 1 fully saturated rings. The van der Waals surface area contributed by atoms with Crippen molar-refractivity contribution in [3.05, 3.63) is 89.5 Å². The van der Waals surface area contributed by atoms with E-state index in [1.165, 1.54) is 18.4 Å². The summed E-state index contributed by atoms with van der Waals surface area (Å²) in [5.74, 6) is 0.939. The number of carbonyl (C=O) groups excluding carboxylic acids is 2. The maximum Gasteiger partial charge on any atom is 0.255 e. The van der Waals surface area contributed by atoms with E-state index in [0.29, 0.717) is 34.3 Å². The SMILES string of the molecule is Cc1cc(NC(=O)c2cccc(-c3nc([C@H](C)NC(=O)/C=C/CN4CCCC4)n4ccnc(N)c34)c2)ccc1C(C)C. The number of anilines is 2. The van der Waals surface area contributed by atoms with Crippen molar-refractivity contribution in [2.45, 2.75) is 52.5 Å². The second kappa shape index (κ2) is 12.6. The van der Waals surface area contributed by atoms with Crippen LogP contribution in [0.25, 0.3) is 16.8 Å². The van der Waals surface area contributed by atoms with Crippen LogP contribution in [0.1, 0.15) is 72.9 Å². The van der Waals surface area contributed by atoms with Gasteiger partial charge in [0.05, 0.1) is 6.04 Å². The van der Waals surface area contributed by atoms with Gasteiger partial charge in [0, 0.05) is 41.8 Å². The Morgan fingerprint density at radius 3 is 2.62 bits per heavy atom. The van der Waals surface area contributed by atoms with E-state index in [-0.39, 0.29) is 11.8 Å². The number of nitrogens with zero attached hydrogens (tertiary/aromatic N) is 4. The zero-order valence-electron chi connectivity index (χ0n) is 24.7. The van der Waals surface area contributed by atoms with Crippen LogP contribution >= 0.6 is 0 Å². The Balaban J connectivity index is 1.38. The van der Waals surface area contributed by atoms with Crippen LogP contribution in [-0.2, 0) is 4.79 Å². The predicted molar refractivity (Wildman–Crippen MR) is 167 cm³/mol. The zero-order valence-corrected chi connectivity index (χ0v) is 24.7. The van der Waals surface area contributed by atoms with Gasteiger partial charge in [-0.3, -0.25) is 18.9 Å². The van der Waals surface area contributed by atoms with Crippen LogP contribution in [0.15, 0.2) is 67.0 Å². The Hall–Kier alpha value is -4.50. The fraction of sp³-hybridized carbons (Fsp3) is 0.333. The lowest BCUT2D eigenvalue weighted by atomic mass is 9.97. The number of hydrogen-bond acceptors (Lipinski definition) is 6. The van der Waals surface area contributed by atoms with E-state index in [1.807, 2.05) is 41.7 Å². The van der Waals surface area contributed by atoms with Gasteiger partial charge in [-0.2, -0.15) is 0 Å². The third kappa shape index (κ3) is 6.36. The Kier molecular flexibility index (Phi) is 8.68. The summed E-state index contributed by atoms with van der Waals surface area (Å²) < 4.78 is 1.85. The number of benzene rings is 2. The van der Waals surface area contributed by atoms with Crippen molar-refractivity contribution in [3.8, 4) is 11.3 Å². The first-order valence-corrected chi connectivity index (χ1v) is 14.6. The van der Waals surface area contributed by atoms with E-state index in [9.17, 15) is 9.59 Å². The number of fused-ring (bicyclic) bond motifs is 1. The first kappa shape index (κ1) is 29.0. The summed E-state index contributed by atoms with van der Waals surface area (Å²) in [6.07, 6.45) is 9.30. The first-order valence-electron chi connectivity index (χ1n) is 14.6. The van der Waals surface area contributed by atoms with E-state index in [1.54, 1.807) is 30.6 Å². The normalized spacial score (nSPS) is 14.6. The molecule has 0 saturated carbocycles. The number of carbonyl (C=O) groups is 2. The smallest absolute Gasteiger partial charge is 0.255 e. The van der Waals surface area contributed by atoms with E-state index in [0.717, 1.165) is 36.4 Å². The zero-order chi connectivity index (χ0) is 29.8. The highest BCUT2D eigenvalue weighted by molar-refractivity contribution is 6.05. The first-order chi connectivity index (χ1) is 20.2. The number of imidazole rings is 1. The molecular formula is C33H39N7O2. The number of nitrogens with one attached hydrogen (secondary N) is 2. The molecule has 0 bridgehead atoms. The number of rotatable bonds is 9. The molecule has 1 atom stereocenters. The number of nitrogens with two attached hydrogens (primary N) is 1. The molecule has 4 aromatic rings. The summed E-state index contributed by atoms with van der Waals surface area (Å²) in [6, 6.07) is 12.9. The number of likely N-dealkylation sites (tertiary alicyclic amines) is 1. The van der Waals surface area contributed by atoms with Gasteiger partial charge in [-0.05, 0) is 81.1 Å². The van der Waals surface area contributed by atoms with E-state index in [2.05, 4.69) is 47.4 Å². The van der Waals surface area contributed by atoms with Crippen LogP contribution in [0, 0.1) is 6.92 Å². The van der Waals surface area contributed by atoms with Crippen LogP contribution in [-0.4, -0.2) is 50.7 Å². The average Bonchev–Trinajstić information content (AvgIpc) is 3.62. The van der Waals surface area contributed by atoms with Gasteiger partial charge in [0.2, 0.25) is 5.91 Å². The molecule has 1 saturated heterocycles.